The molecule has 2 aromatic carbocycles. The number of rotatable bonds is 7. The van der Waals surface area contributed by atoms with Gasteiger partial charge < -0.3 is 14.7 Å². The van der Waals surface area contributed by atoms with Crippen LogP contribution >= 0.6 is 8.73 Å². The zero-order valence-corrected chi connectivity index (χ0v) is 18.9. The van der Waals surface area contributed by atoms with Gasteiger partial charge in [-0.2, -0.15) is 4.08 Å². The largest absolute Gasteiger partial charge is 0.496 e. The summed E-state index contributed by atoms with van der Waals surface area (Å²) in [6, 6.07) is 13.0. The Morgan fingerprint density at radius 1 is 1.24 bits per heavy atom. The number of methoxy groups -OCH3 is 1. The first kappa shape index (κ1) is 22.0. The van der Waals surface area contributed by atoms with E-state index in [1.165, 1.54) is 7.11 Å². The Balaban J connectivity index is 2.27. The Morgan fingerprint density at radius 2 is 1.97 bits per heavy atom. The first-order valence-electron chi connectivity index (χ1n) is 9.84. The first-order valence-corrected chi connectivity index (χ1v) is 12.7. The molecule has 0 saturated heterocycles. The summed E-state index contributed by atoms with van der Waals surface area (Å²) in [5.74, 6) is 0.486. The van der Waals surface area contributed by atoms with E-state index in [9.17, 15) is 13.5 Å². The lowest BCUT2D eigenvalue weighted by Crippen LogP contribution is -2.38. The number of nitrogens with zero attached hydrogens (tertiary/aromatic N) is 2. The number of para-hydroxylation sites is 1. The summed E-state index contributed by atoms with van der Waals surface area (Å²) in [4.78, 5) is 2.29. The van der Waals surface area contributed by atoms with Crippen molar-refractivity contribution in [3.05, 3.63) is 48.0 Å². The summed E-state index contributed by atoms with van der Waals surface area (Å²) in [5.41, 5.74) is 1.99. The Kier molecular flexibility index (Phi) is 7.17. The van der Waals surface area contributed by atoms with Gasteiger partial charge in [-0.3, -0.25) is 0 Å². The lowest BCUT2D eigenvalue weighted by molar-refractivity contribution is 0.273. The maximum atomic E-state index is 13.7. The van der Waals surface area contributed by atoms with Gasteiger partial charge in [0, 0.05) is 29.9 Å². The van der Waals surface area contributed by atoms with Gasteiger partial charge in [-0.15, -0.1) is 0 Å². The zero-order valence-electron chi connectivity index (χ0n) is 17.1. The number of hydrogen-bond donors (Lipinski definition) is 1. The lowest BCUT2D eigenvalue weighted by Gasteiger charge is -2.30. The summed E-state index contributed by atoms with van der Waals surface area (Å²) in [6.45, 7) is 4.31. The van der Waals surface area contributed by atoms with Gasteiger partial charge in [0.15, 0.2) is 0 Å². The summed E-state index contributed by atoms with van der Waals surface area (Å²) in [5, 5.41) is 9.77. The Bertz CT molecular complexity index is 937. The molecule has 158 valence electrons. The Morgan fingerprint density at radius 3 is 2.55 bits per heavy atom. The van der Waals surface area contributed by atoms with Crippen LogP contribution in [0.3, 0.4) is 0 Å². The number of fused-ring (bicyclic) bond motifs is 1. The van der Waals surface area contributed by atoms with Gasteiger partial charge >= 0.3 is 0 Å². The van der Waals surface area contributed by atoms with Crippen LogP contribution in [-0.2, 0) is 16.6 Å². The molecule has 1 N–H and O–H groups in total. The van der Waals surface area contributed by atoms with Crippen LogP contribution < -0.4 is 9.64 Å². The Labute approximate surface area is 175 Å². The molecule has 3 rings (SSSR count). The van der Waals surface area contributed by atoms with Gasteiger partial charge in [0.1, 0.15) is 10.6 Å². The molecule has 0 radical (unpaired) electrons. The van der Waals surface area contributed by atoms with Crippen molar-refractivity contribution in [2.24, 2.45) is 0 Å². The molecule has 0 bridgehead atoms. The number of unbranched alkanes of at least 4 members (excludes halogenated alkanes) is 1. The van der Waals surface area contributed by atoms with Crippen LogP contribution in [-0.4, -0.2) is 44.0 Å². The maximum Gasteiger partial charge on any atom is 0.248 e. The molecule has 2 atom stereocenters. The third kappa shape index (κ3) is 4.29. The van der Waals surface area contributed by atoms with Gasteiger partial charge in [0.2, 0.25) is 10.0 Å². The number of hydrogen-bond acceptors (Lipinski definition) is 5. The standard InChI is InChI=1S/C21H29N2O4PS/c1-4-5-9-18-14-22(17-10-7-6-8-11-17)19-13-20(27-2)16(15-24)12-21(19)29(25,26)23(18)28-3/h6-8,10-13,18,24,28H,4-5,9,14-15H2,1-3H3/t18-/m1/s1. The average Bonchev–Trinajstić information content (AvgIpc) is 2.83. The molecule has 2 aromatic rings. The van der Waals surface area contributed by atoms with Crippen molar-refractivity contribution in [2.75, 3.05) is 25.2 Å². The van der Waals surface area contributed by atoms with Crippen molar-refractivity contribution >= 4 is 30.1 Å². The van der Waals surface area contributed by atoms with Crippen LogP contribution in [0.1, 0.15) is 31.7 Å². The fraction of sp³-hybridized carbons (Fsp3) is 0.429. The predicted molar refractivity (Wildman–Crippen MR) is 119 cm³/mol. The summed E-state index contributed by atoms with van der Waals surface area (Å²) in [7, 11) is -2.05. The van der Waals surface area contributed by atoms with E-state index in [-0.39, 0.29) is 26.3 Å². The molecule has 1 unspecified atom stereocenters. The van der Waals surface area contributed by atoms with Crippen LogP contribution in [0.2, 0.25) is 0 Å². The van der Waals surface area contributed by atoms with Crippen LogP contribution in [0, 0.1) is 0 Å². The number of aliphatic hydroxyl groups is 1. The summed E-state index contributed by atoms with van der Waals surface area (Å²) >= 11 is 0. The quantitative estimate of drug-likeness (QED) is 0.662. The molecule has 1 aliphatic heterocycles. The number of anilines is 2. The molecule has 1 heterocycles. The molecule has 8 heteroatoms. The molecular formula is C21H29N2O4PS. The average molecular weight is 437 g/mol. The minimum absolute atomic E-state index is 0.125. The molecule has 0 saturated carbocycles. The molecule has 0 aliphatic carbocycles. The number of ether oxygens (including phenoxy) is 1. The second-order valence-electron chi connectivity index (χ2n) is 7.06. The predicted octanol–water partition coefficient (Wildman–Crippen LogP) is 4.11. The fourth-order valence-electron chi connectivity index (χ4n) is 3.81. The topological polar surface area (TPSA) is 70.1 Å². The zero-order chi connectivity index (χ0) is 21.0. The summed E-state index contributed by atoms with van der Waals surface area (Å²) in [6.07, 6.45) is 2.78. The monoisotopic (exact) mass is 436 g/mol. The molecule has 0 aromatic heterocycles. The van der Waals surface area contributed by atoms with Crippen LogP contribution in [0.5, 0.6) is 5.75 Å². The van der Waals surface area contributed by atoms with Crippen molar-refractivity contribution in [1.29, 1.82) is 0 Å². The highest BCUT2D eigenvalue weighted by Crippen LogP contribution is 2.44. The normalized spacial score (nSPS) is 19.3. The van der Waals surface area contributed by atoms with Gasteiger partial charge in [-0.05, 0) is 40.0 Å². The van der Waals surface area contributed by atoms with Crippen molar-refractivity contribution in [1.82, 2.24) is 4.08 Å². The van der Waals surface area contributed by atoms with Gasteiger partial charge in [0.25, 0.3) is 0 Å². The van der Waals surface area contributed by atoms with Crippen LogP contribution in [0.15, 0.2) is 47.4 Å². The second-order valence-corrected chi connectivity index (χ2v) is 10.1. The van der Waals surface area contributed by atoms with E-state index in [0.717, 1.165) is 24.9 Å². The van der Waals surface area contributed by atoms with Gasteiger partial charge in [0.05, 0.1) is 19.4 Å². The fourth-order valence-corrected chi connectivity index (χ4v) is 7.14. The molecule has 1 aliphatic rings. The molecule has 0 amide bonds. The van der Waals surface area contributed by atoms with E-state index in [1.54, 1.807) is 16.2 Å². The van der Waals surface area contributed by atoms with E-state index in [1.807, 2.05) is 37.0 Å². The highest BCUT2D eigenvalue weighted by atomic mass is 32.2. The van der Waals surface area contributed by atoms with Crippen molar-refractivity contribution in [3.63, 3.8) is 0 Å². The highest BCUT2D eigenvalue weighted by Gasteiger charge is 2.39. The first-order chi connectivity index (χ1) is 14.0. The molecule has 29 heavy (non-hydrogen) atoms. The molecule has 6 nitrogen and oxygen atoms in total. The minimum atomic E-state index is -3.71. The SMILES string of the molecule is CCCC[C@@H]1CN(c2ccccc2)c2cc(OC)c(CO)cc2S(=O)(=O)N1PC. The van der Waals surface area contributed by atoms with Crippen molar-refractivity contribution in [3.8, 4) is 5.75 Å². The second kappa shape index (κ2) is 9.43. The molecular weight excluding hydrogens is 407 g/mol. The minimum Gasteiger partial charge on any atom is -0.496 e. The van der Waals surface area contributed by atoms with E-state index < -0.39 is 10.0 Å². The number of benzene rings is 2. The third-order valence-corrected chi connectivity index (χ3v) is 9.04. The van der Waals surface area contributed by atoms with Crippen LogP contribution in [0.25, 0.3) is 0 Å². The maximum absolute atomic E-state index is 13.7. The molecule has 0 spiro atoms. The van der Waals surface area contributed by atoms with E-state index in [2.05, 4.69) is 11.8 Å². The van der Waals surface area contributed by atoms with Crippen molar-refractivity contribution < 1.29 is 18.3 Å². The van der Waals surface area contributed by atoms with E-state index in [0.29, 0.717) is 23.5 Å². The van der Waals surface area contributed by atoms with Crippen molar-refractivity contribution in [2.45, 2.75) is 43.7 Å². The molecule has 0 fully saturated rings. The van der Waals surface area contributed by atoms with E-state index >= 15 is 0 Å². The number of sulfonamides is 1. The van der Waals surface area contributed by atoms with Gasteiger partial charge in [-0.1, -0.05) is 38.0 Å². The van der Waals surface area contributed by atoms with Gasteiger partial charge in [-0.25, -0.2) is 8.42 Å². The highest BCUT2D eigenvalue weighted by molar-refractivity contribution is 7.93. The van der Waals surface area contributed by atoms with Crippen LogP contribution in [0.4, 0.5) is 11.4 Å². The summed E-state index contributed by atoms with van der Waals surface area (Å²) < 4.78 is 34.4. The smallest absolute Gasteiger partial charge is 0.248 e. The number of aliphatic hydroxyl groups excluding tert-OH is 1. The van der Waals surface area contributed by atoms with E-state index in [4.69, 9.17) is 4.74 Å². The lowest BCUT2D eigenvalue weighted by atomic mass is 10.1. The third-order valence-electron chi connectivity index (χ3n) is 5.26. The Hall–Kier alpha value is -1.66.